The molecule has 2 aromatic heterocycles. The van der Waals surface area contributed by atoms with Crippen molar-refractivity contribution in [3.05, 3.63) is 48.7 Å². The zero-order valence-corrected chi connectivity index (χ0v) is 9.67. The summed E-state index contributed by atoms with van der Waals surface area (Å²) in [6.07, 6.45) is 5.23. The van der Waals surface area contributed by atoms with Crippen molar-refractivity contribution in [3.63, 3.8) is 0 Å². The number of fused-ring (bicyclic) bond motifs is 1. The summed E-state index contributed by atoms with van der Waals surface area (Å²) in [6, 6.07) is 6.22. The van der Waals surface area contributed by atoms with Gasteiger partial charge in [-0.25, -0.2) is 14.4 Å². The zero-order valence-electron chi connectivity index (χ0n) is 9.67. The van der Waals surface area contributed by atoms with Crippen LogP contribution in [0, 0.1) is 5.82 Å². The minimum atomic E-state index is -0.258. The average Bonchev–Trinajstić information content (AvgIpc) is 2.82. The van der Waals surface area contributed by atoms with Crippen LogP contribution in [-0.2, 0) is 0 Å². The van der Waals surface area contributed by atoms with Crippen LogP contribution in [0.25, 0.3) is 16.9 Å². The average molecular weight is 243 g/mol. The van der Waals surface area contributed by atoms with Gasteiger partial charge in [-0.05, 0) is 24.3 Å². The molecule has 1 aromatic carbocycles. The number of nitrogens with zero attached hydrogens (tertiary/aromatic N) is 3. The first-order valence-corrected chi connectivity index (χ1v) is 5.41. The van der Waals surface area contributed by atoms with Crippen LogP contribution in [0.3, 0.4) is 0 Å². The maximum atomic E-state index is 12.9. The lowest BCUT2D eigenvalue weighted by Gasteiger charge is -1.97. The highest BCUT2D eigenvalue weighted by Gasteiger charge is 2.05. The van der Waals surface area contributed by atoms with E-state index in [0.29, 0.717) is 5.88 Å². The van der Waals surface area contributed by atoms with Crippen molar-refractivity contribution in [2.75, 3.05) is 7.11 Å². The molecule has 0 bridgehead atoms. The van der Waals surface area contributed by atoms with Crippen LogP contribution in [0.4, 0.5) is 4.39 Å². The van der Waals surface area contributed by atoms with Crippen LogP contribution >= 0.6 is 0 Å². The standard InChI is InChI=1S/C13H10FN3O/c1-18-13-8-17-7-11(16-12(17)6-15-13)9-2-4-10(14)5-3-9/h2-8H,1H3. The van der Waals surface area contributed by atoms with Gasteiger partial charge in [0.1, 0.15) is 5.82 Å². The SMILES string of the molecule is COc1cn2cc(-c3ccc(F)cc3)nc2cn1. The quantitative estimate of drug-likeness (QED) is 0.694. The normalized spacial score (nSPS) is 10.8. The van der Waals surface area contributed by atoms with Gasteiger partial charge in [0.25, 0.3) is 0 Å². The van der Waals surface area contributed by atoms with E-state index in [4.69, 9.17) is 4.74 Å². The van der Waals surface area contributed by atoms with E-state index in [1.807, 2.05) is 10.6 Å². The summed E-state index contributed by atoms with van der Waals surface area (Å²) in [7, 11) is 1.56. The number of aromatic nitrogens is 3. The van der Waals surface area contributed by atoms with Gasteiger partial charge in [0.15, 0.2) is 5.65 Å². The zero-order chi connectivity index (χ0) is 12.5. The summed E-state index contributed by atoms with van der Waals surface area (Å²) < 4.78 is 19.7. The Balaban J connectivity index is 2.10. The first-order valence-electron chi connectivity index (χ1n) is 5.41. The molecule has 0 saturated carbocycles. The highest BCUT2D eigenvalue weighted by Crippen LogP contribution is 2.20. The monoisotopic (exact) mass is 243 g/mol. The van der Waals surface area contributed by atoms with Gasteiger partial charge in [-0.3, -0.25) is 4.40 Å². The molecule has 4 nitrogen and oxygen atoms in total. The lowest BCUT2D eigenvalue weighted by Crippen LogP contribution is -1.90. The third kappa shape index (κ3) is 1.79. The van der Waals surface area contributed by atoms with E-state index in [2.05, 4.69) is 9.97 Å². The van der Waals surface area contributed by atoms with E-state index in [9.17, 15) is 4.39 Å². The maximum absolute atomic E-state index is 12.9. The van der Waals surface area contributed by atoms with Crippen molar-refractivity contribution in [2.24, 2.45) is 0 Å². The second-order valence-corrected chi connectivity index (χ2v) is 3.83. The Morgan fingerprint density at radius 2 is 1.94 bits per heavy atom. The Kier molecular flexibility index (Phi) is 2.44. The van der Waals surface area contributed by atoms with Crippen LogP contribution in [-0.4, -0.2) is 21.5 Å². The smallest absolute Gasteiger partial charge is 0.230 e. The fraction of sp³-hybridized carbons (Fsp3) is 0.0769. The molecule has 0 atom stereocenters. The first-order chi connectivity index (χ1) is 8.76. The molecule has 0 amide bonds. The number of hydrogen-bond donors (Lipinski definition) is 0. The molecular weight excluding hydrogens is 233 g/mol. The molecule has 0 fully saturated rings. The number of hydrogen-bond acceptors (Lipinski definition) is 3. The number of rotatable bonds is 2. The highest BCUT2D eigenvalue weighted by molar-refractivity contribution is 5.62. The van der Waals surface area contributed by atoms with E-state index >= 15 is 0 Å². The fourth-order valence-corrected chi connectivity index (χ4v) is 1.75. The van der Waals surface area contributed by atoms with Gasteiger partial charge in [0, 0.05) is 11.8 Å². The second kappa shape index (κ2) is 4.10. The van der Waals surface area contributed by atoms with Crippen LogP contribution < -0.4 is 4.74 Å². The molecule has 2 heterocycles. The highest BCUT2D eigenvalue weighted by atomic mass is 19.1. The number of halogens is 1. The Labute approximate surface area is 103 Å². The largest absolute Gasteiger partial charge is 0.480 e. The number of ether oxygens (including phenoxy) is 1. The van der Waals surface area contributed by atoms with Crippen molar-refractivity contribution in [2.45, 2.75) is 0 Å². The summed E-state index contributed by atoms with van der Waals surface area (Å²) >= 11 is 0. The molecular formula is C13H10FN3O. The first kappa shape index (κ1) is 10.7. The molecule has 0 spiro atoms. The lowest BCUT2D eigenvalue weighted by atomic mass is 10.2. The molecule has 18 heavy (non-hydrogen) atoms. The van der Waals surface area contributed by atoms with Crippen molar-refractivity contribution < 1.29 is 9.13 Å². The van der Waals surface area contributed by atoms with Gasteiger partial charge >= 0.3 is 0 Å². The van der Waals surface area contributed by atoms with Gasteiger partial charge in [-0.2, -0.15) is 0 Å². The van der Waals surface area contributed by atoms with Gasteiger partial charge in [0.05, 0.1) is 25.2 Å². The molecule has 90 valence electrons. The topological polar surface area (TPSA) is 39.4 Å². The van der Waals surface area contributed by atoms with Crippen LogP contribution in [0.15, 0.2) is 42.9 Å². The summed E-state index contributed by atoms with van der Waals surface area (Å²) in [5, 5.41) is 0. The Bertz CT molecular complexity index is 691. The predicted octanol–water partition coefficient (Wildman–Crippen LogP) is 2.54. The van der Waals surface area contributed by atoms with Crippen LogP contribution in [0.1, 0.15) is 0 Å². The predicted molar refractivity (Wildman–Crippen MR) is 64.9 cm³/mol. The summed E-state index contributed by atoms with van der Waals surface area (Å²) in [5.74, 6) is 0.261. The molecule has 3 rings (SSSR count). The molecule has 3 aromatic rings. The number of methoxy groups -OCH3 is 1. The van der Waals surface area contributed by atoms with E-state index in [-0.39, 0.29) is 5.82 Å². The molecule has 5 heteroatoms. The molecule has 0 unspecified atom stereocenters. The van der Waals surface area contributed by atoms with Crippen molar-refractivity contribution in [1.82, 2.24) is 14.4 Å². The van der Waals surface area contributed by atoms with Crippen LogP contribution in [0.5, 0.6) is 5.88 Å². The molecule has 0 radical (unpaired) electrons. The Hall–Kier alpha value is -2.43. The molecule has 0 N–H and O–H groups in total. The molecule has 0 saturated heterocycles. The third-order valence-electron chi connectivity index (χ3n) is 2.67. The van der Waals surface area contributed by atoms with E-state index in [0.717, 1.165) is 16.9 Å². The number of benzene rings is 1. The van der Waals surface area contributed by atoms with Crippen molar-refractivity contribution in [3.8, 4) is 17.1 Å². The maximum Gasteiger partial charge on any atom is 0.230 e. The summed E-state index contributed by atoms with van der Waals surface area (Å²) in [4.78, 5) is 8.49. The van der Waals surface area contributed by atoms with Crippen molar-refractivity contribution in [1.29, 1.82) is 0 Å². The van der Waals surface area contributed by atoms with Gasteiger partial charge in [-0.15, -0.1) is 0 Å². The number of imidazole rings is 1. The summed E-state index contributed by atoms with van der Waals surface area (Å²) in [6.45, 7) is 0. The van der Waals surface area contributed by atoms with Gasteiger partial charge in [0.2, 0.25) is 5.88 Å². The molecule has 0 aliphatic rings. The third-order valence-corrected chi connectivity index (χ3v) is 2.67. The molecule has 0 aliphatic heterocycles. The summed E-state index contributed by atoms with van der Waals surface area (Å²) in [5.41, 5.74) is 2.35. The van der Waals surface area contributed by atoms with Crippen LogP contribution in [0.2, 0.25) is 0 Å². The lowest BCUT2D eigenvalue weighted by molar-refractivity contribution is 0.395. The second-order valence-electron chi connectivity index (χ2n) is 3.83. The minimum absolute atomic E-state index is 0.258. The molecule has 0 aliphatic carbocycles. The fourth-order valence-electron chi connectivity index (χ4n) is 1.75. The van der Waals surface area contributed by atoms with E-state index < -0.39 is 0 Å². The Morgan fingerprint density at radius 3 is 2.67 bits per heavy atom. The van der Waals surface area contributed by atoms with Crippen molar-refractivity contribution >= 4 is 5.65 Å². The van der Waals surface area contributed by atoms with Gasteiger partial charge < -0.3 is 4.74 Å². The van der Waals surface area contributed by atoms with Gasteiger partial charge in [-0.1, -0.05) is 0 Å². The van der Waals surface area contributed by atoms with E-state index in [1.54, 1.807) is 31.6 Å². The van der Waals surface area contributed by atoms with E-state index in [1.165, 1.54) is 12.1 Å². The Morgan fingerprint density at radius 1 is 1.17 bits per heavy atom. The minimum Gasteiger partial charge on any atom is -0.480 e.